The Hall–Kier alpha value is -12.2. The quantitative estimate of drug-likeness (QED) is 0.0204. The number of carboxylic acids is 1. The number of aromatic nitrogens is 1. The number of unbranched alkanes of at least 4 members (excludes halogenated alkanes) is 1. The summed E-state index contributed by atoms with van der Waals surface area (Å²) in [6.07, 6.45) is -1.96. The summed E-state index contributed by atoms with van der Waals surface area (Å²) in [6.45, 7) is 9.73. The number of aliphatic hydroxyl groups is 1. The molecule has 20 N–H and O–H groups in total. The summed E-state index contributed by atoms with van der Waals surface area (Å²) in [4.78, 5) is 221. The number of carbonyl (C=O) groups excluding carboxylic acids is 16. The molecule has 0 bridgehead atoms. The third kappa shape index (κ3) is 32.6. The van der Waals surface area contributed by atoms with Crippen LogP contribution in [0.4, 0.5) is 28.4 Å². The highest BCUT2D eigenvalue weighted by molar-refractivity contribution is 6.30. The SMILES string of the molecule is CC(=O)N[C@H](Cc1ccc2ccccc2c1)C(=O)N[C@H](Cc1ccc(Cl)cc1)C(=O)N[C@H](Cc1cccnc1)C(=O)N[C@@H](CO)C(=O)N[C@@H](Cc1ccc(NC(=O)[C@@H]2CC(=O)NC(=O)N2)cc1)C(=O)N[C@H](CCCNC(N)=O)C(=O)N[C@@H](CC(C)C)C(=O)N[C@@H](CCCCNC(C)C)C(=O)N1CCC[C@H]1C(=O)N[C@H](C)C([NH3+])=O.O=C([O-])C(F)(F)F. The van der Waals surface area contributed by atoms with E-state index in [1.54, 1.807) is 50.2 Å². The number of fused-ring (bicyclic) bond motifs is 1. The van der Waals surface area contributed by atoms with Crippen LogP contribution < -0.4 is 91.0 Å². The van der Waals surface area contributed by atoms with E-state index < -0.39 is 180 Å². The van der Waals surface area contributed by atoms with E-state index in [0.29, 0.717) is 53.1 Å². The number of carboxylic acid groups (broad SMARTS) is 1. The van der Waals surface area contributed by atoms with Crippen molar-refractivity contribution in [1.82, 2.24) is 79.0 Å². The molecule has 2 fully saturated rings. The fourth-order valence-corrected chi connectivity index (χ4v) is 13.0. The molecule has 0 radical (unpaired) electrons. The Morgan fingerprint density at radius 3 is 1.66 bits per heavy atom. The summed E-state index contributed by atoms with van der Waals surface area (Å²) < 4.78 is 31.5. The van der Waals surface area contributed by atoms with Crippen LogP contribution in [0.1, 0.15) is 122 Å². The summed E-state index contributed by atoms with van der Waals surface area (Å²) >= 11 is 6.25. The predicted molar refractivity (Wildman–Crippen MR) is 427 cm³/mol. The maximum absolute atomic E-state index is 15.2. The van der Waals surface area contributed by atoms with Crippen LogP contribution in [0.25, 0.3) is 10.8 Å². The lowest BCUT2D eigenvalue weighted by atomic mass is 9.99. The largest absolute Gasteiger partial charge is 0.542 e. The number of nitrogens with zero attached hydrogens (tertiary/aromatic N) is 2. The van der Waals surface area contributed by atoms with Crippen LogP contribution in [-0.2, 0) is 92.8 Å². The Morgan fingerprint density at radius 1 is 0.608 bits per heavy atom. The topological polar surface area (TPSA) is 555 Å². The van der Waals surface area contributed by atoms with Crippen molar-refractivity contribution >= 4 is 123 Å². The van der Waals surface area contributed by atoms with E-state index in [2.05, 4.69) is 79.8 Å². The number of aliphatic hydroxyl groups excluding tert-OH is 1. The Labute approximate surface area is 694 Å². The van der Waals surface area contributed by atoms with Gasteiger partial charge in [0, 0.05) is 74.8 Å². The van der Waals surface area contributed by atoms with Crippen molar-refractivity contribution in [1.29, 1.82) is 0 Å². The van der Waals surface area contributed by atoms with Gasteiger partial charge < -0.3 is 94.8 Å². The number of rotatable bonds is 42. The van der Waals surface area contributed by atoms with Gasteiger partial charge in [0.05, 0.1) is 13.0 Å². The number of aliphatic carboxylic acids is 1. The average Bonchev–Trinajstić information content (AvgIpc) is 1.52. The predicted octanol–water partition coefficient (Wildman–Crippen LogP) is -1.19. The van der Waals surface area contributed by atoms with Crippen molar-refractivity contribution in [2.45, 2.75) is 204 Å². The molecule has 4 aromatic carbocycles. The molecule has 0 unspecified atom stereocenters. The van der Waals surface area contributed by atoms with Crippen LogP contribution in [0.2, 0.25) is 5.02 Å². The van der Waals surface area contributed by atoms with Crippen LogP contribution in [0.15, 0.2) is 116 Å². The molecule has 36 nitrogen and oxygen atoms in total. The number of pyridine rings is 1. The van der Waals surface area contributed by atoms with Crippen LogP contribution in [0.5, 0.6) is 0 Å². The third-order valence-corrected chi connectivity index (χ3v) is 19.3. The zero-order valence-corrected chi connectivity index (χ0v) is 67.8. The molecule has 120 heavy (non-hydrogen) atoms. The Kier molecular flexibility index (Phi) is 38.1. The van der Waals surface area contributed by atoms with Crippen LogP contribution in [0, 0.1) is 5.92 Å². The molecule has 2 aliphatic rings. The first-order chi connectivity index (χ1) is 56.8. The first-order valence-corrected chi connectivity index (χ1v) is 39.3. The zero-order chi connectivity index (χ0) is 88.5. The number of urea groups is 2. The van der Waals surface area contributed by atoms with Gasteiger partial charge in [-0.3, -0.25) is 73.6 Å². The highest BCUT2D eigenvalue weighted by Gasteiger charge is 2.41. The monoisotopic (exact) mass is 1700 g/mol. The van der Waals surface area contributed by atoms with Crippen molar-refractivity contribution in [3.05, 3.63) is 143 Å². The number of anilines is 1. The van der Waals surface area contributed by atoms with Gasteiger partial charge in [0.2, 0.25) is 70.9 Å². The molecule has 7 rings (SSSR count). The third-order valence-electron chi connectivity index (χ3n) is 19.0. The second kappa shape index (κ2) is 47.4. The van der Waals surface area contributed by atoms with Gasteiger partial charge in [-0.25, -0.2) is 14.4 Å². The summed E-state index contributed by atoms with van der Waals surface area (Å²) in [6, 6.07) is 11.6. The van der Waals surface area contributed by atoms with E-state index in [1.165, 1.54) is 55.4 Å². The number of carbonyl (C=O) groups is 16. The van der Waals surface area contributed by atoms with Gasteiger partial charge in [0.15, 0.2) is 0 Å². The summed E-state index contributed by atoms with van der Waals surface area (Å²) in [7, 11) is 0. The van der Waals surface area contributed by atoms with Gasteiger partial charge in [-0.05, 0) is 134 Å². The molecule has 2 aliphatic heterocycles. The molecule has 1 aromatic heterocycles. The summed E-state index contributed by atoms with van der Waals surface area (Å²) in [5.41, 5.74) is 10.9. The van der Waals surface area contributed by atoms with E-state index in [-0.39, 0.29) is 88.5 Å². The lowest BCUT2D eigenvalue weighted by molar-refractivity contribution is -0.344. The van der Waals surface area contributed by atoms with Gasteiger partial charge in [0.25, 0.3) is 0 Å². The number of hydrogen-bond acceptors (Lipinski definition) is 20. The van der Waals surface area contributed by atoms with Gasteiger partial charge in [-0.2, -0.15) is 13.2 Å². The maximum Gasteiger partial charge on any atom is 0.430 e. The smallest absolute Gasteiger partial charge is 0.430 e. The molecule has 40 heteroatoms. The van der Waals surface area contributed by atoms with Crippen molar-refractivity contribution in [2.24, 2.45) is 11.7 Å². The van der Waals surface area contributed by atoms with Crippen molar-refractivity contribution < 1.29 is 106 Å². The van der Waals surface area contributed by atoms with E-state index in [4.69, 9.17) is 27.2 Å². The molecule has 0 saturated carbocycles. The van der Waals surface area contributed by atoms with E-state index in [1.807, 2.05) is 61.6 Å². The number of amides is 17. The number of quaternary nitrogens is 1. The number of alkyl halides is 3. The van der Waals surface area contributed by atoms with Gasteiger partial charge >= 0.3 is 24.1 Å². The Bertz CT molecular complexity index is 4420. The number of hydrogen-bond donors (Lipinski definition) is 17. The van der Waals surface area contributed by atoms with Crippen molar-refractivity contribution in [3.63, 3.8) is 0 Å². The fourth-order valence-electron chi connectivity index (χ4n) is 12.9. The number of halogens is 4. The van der Waals surface area contributed by atoms with Crippen molar-refractivity contribution in [3.8, 4) is 0 Å². The summed E-state index contributed by atoms with van der Waals surface area (Å²) in [5, 5.41) is 58.9. The Morgan fingerprint density at radius 2 is 1.12 bits per heavy atom. The molecule has 0 aliphatic carbocycles. The molecule has 5 aromatic rings. The van der Waals surface area contributed by atoms with Crippen molar-refractivity contribution in [2.75, 3.05) is 31.6 Å². The van der Waals surface area contributed by atoms with E-state index in [9.17, 15) is 85.4 Å². The highest BCUT2D eigenvalue weighted by Crippen LogP contribution is 2.23. The average molecular weight is 1700 g/mol. The molecule has 650 valence electrons. The Balaban J connectivity index is 0.00000305. The molecule has 2 saturated heterocycles. The number of nitrogens with one attached hydrogen (secondary N) is 14. The lowest BCUT2D eigenvalue weighted by Crippen LogP contribution is -2.66. The second-order valence-corrected chi connectivity index (χ2v) is 30.1. The zero-order valence-electron chi connectivity index (χ0n) is 67.1. The van der Waals surface area contributed by atoms with Crippen LogP contribution in [0.3, 0.4) is 0 Å². The first-order valence-electron chi connectivity index (χ1n) is 38.9. The molecule has 17 amide bonds. The number of nitrogens with two attached hydrogens (primary N) is 1. The van der Waals surface area contributed by atoms with E-state index in [0.717, 1.165) is 10.8 Å². The maximum atomic E-state index is 15.2. The molecule has 11 atom stereocenters. The second-order valence-electron chi connectivity index (χ2n) is 29.7. The fraction of sp³-hybridized carbons (Fsp3) is 0.463. The number of benzene rings is 4. The van der Waals surface area contributed by atoms with Gasteiger partial charge in [-0.1, -0.05) is 112 Å². The van der Waals surface area contributed by atoms with Crippen LogP contribution >= 0.6 is 11.6 Å². The molecular weight excluding hydrogens is 1590 g/mol. The molecule has 0 spiro atoms. The molecule has 3 heterocycles. The minimum atomic E-state index is -5.19. The normalized spacial score (nSPS) is 16.0. The number of primary amides is 1. The minimum Gasteiger partial charge on any atom is -0.542 e. The van der Waals surface area contributed by atoms with Gasteiger partial charge in [0.1, 0.15) is 72.4 Å². The van der Waals surface area contributed by atoms with E-state index >= 15 is 4.79 Å². The number of imide groups is 1. The number of likely N-dealkylation sites (tertiary alicyclic amines) is 1. The summed E-state index contributed by atoms with van der Waals surface area (Å²) in [5.74, 6) is -13.6. The highest BCUT2D eigenvalue weighted by atomic mass is 35.5. The first kappa shape index (κ1) is 96.6. The minimum absolute atomic E-state index is 0.00796. The van der Waals surface area contributed by atoms with Gasteiger partial charge in [-0.15, -0.1) is 0 Å². The standard InChI is InChI=1S/C78H103ClN18O16.C2HF3O2/c1-43(2)34-57(69(104)89-56(17-9-10-31-83-44(3)4)76(111)97-33-13-19-64(97)75(110)85-45(5)66(80)101)90-67(102)55(18-12-32-84-77(81)112)88-71(106)59(37-48-23-28-54(29-24-48)87-68(103)62-40-65(100)96-78(113)95-62)93-74(109)63(42-98)94-73(108)61(39-50-14-11-30-82-41-50)92-72(107)60(36-47-21-26-53(79)27-22-47)91-70(105)58(86-46(6)99)38-49-20-25-51-15-7-8-16-52(51)35-49;3-2(4,5)1(6)7/h7-8,11,14-16,20-30,35,41,43-45,55-64,83,98H,9-10,12-13,17-19,31-34,36-40,42H2,1-6H3,(H2,80,101)(H,85,110)(H,86,99)(H,87,103)(H,88,106)(H,89,104)(H,90,102)(H,91,105)(H,92,107)(H,93,109)(H,94,108)(H3,81,84,112)(H2,95,96,100,113);(H,6,7)/t45-,55-,56+,57+,58-,59+,60-,61-,62+,63+,64+;/m1./s1. The lowest BCUT2D eigenvalue weighted by Gasteiger charge is -2.31. The van der Waals surface area contributed by atoms with Crippen LogP contribution in [-0.4, -0.2) is 215 Å². The molecular formula is C80H104ClF3N18O18.